The minimum absolute atomic E-state index is 0. The Morgan fingerprint density at radius 3 is 2.47 bits per heavy atom. The van der Waals surface area contributed by atoms with E-state index in [0.29, 0.717) is 0 Å². The molecule has 0 aliphatic rings. The molecule has 0 N–H and O–H groups in total. The average molecular weight is 228 g/mol. The summed E-state index contributed by atoms with van der Waals surface area (Å²) in [6, 6.07) is 2.50. The molecule has 1 heterocycles. The molecule has 0 aromatic carbocycles. The third kappa shape index (κ3) is 4.11. The Balaban J connectivity index is 0.00000196. The first-order valence-electron chi connectivity index (χ1n) is 3.45. The van der Waals surface area contributed by atoms with Crippen LogP contribution in [0.4, 0.5) is 13.2 Å². The third-order valence-corrected chi connectivity index (χ3v) is 1.31. The van der Waals surface area contributed by atoms with Gasteiger partial charge in [0, 0.05) is 0 Å². The van der Waals surface area contributed by atoms with Crippen LogP contribution >= 0.6 is 0 Å². The van der Waals surface area contributed by atoms with Gasteiger partial charge in [-0.3, -0.25) is 4.79 Å². The summed E-state index contributed by atoms with van der Waals surface area (Å²) in [5.41, 5.74) is 0. The normalized spacial score (nSPS) is 12.1. The van der Waals surface area contributed by atoms with Crippen LogP contribution in [0.15, 0.2) is 34.6 Å². The van der Waals surface area contributed by atoms with Crippen molar-refractivity contribution in [3.05, 3.63) is 36.0 Å². The van der Waals surface area contributed by atoms with Crippen molar-refractivity contribution in [3.63, 3.8) is 0 Å². The summed E-state index contributed by atoms with van der Waals surface area (Å²) >= 11 is 0. The predicted octanol–water partition coefficient (Wildman–Crippen LogP) is -1.73. The molecule has 0 unspecified atom stereocenters. The molecule has 0 spiro atoms. The van der Waals surface area contributed by atoms with E-state index >= 15 is 0 Å². The van der Waals surface area contributed by atoms with Gasteiger partial charge in [0.25, 0.3) is 0 Å². The molecule has 0 aliphatic carbocycles. The number of furan rings is 1. The Morgan fingerprint density at radius 2 is 2.07 bits per heavy atom. The van der Waals surface area contributed by atoms with Gasteiger partial charge in [-0.05, 0) is 24.0 Å². The topological polar surface area (TPSA) is 53.3 Å². The standard InChI is InChI=1S/C8H5F3O3.Na/c9-8(10,11)7(13)4-5(12)6-2-1-3-14-6;/h1-4,13H;/q;+1/p-1. The fourth-order valence-electron chi connectivity index (χ4n) is 0.691. The molecule has 0 saturated heterocycles. The Kier molecular flexibility index (Phi) is 5.13. The summed E-state index contributed by atoms with van der Waals surface area (Å²) in [5, 5.41) is 10.3. The smallest absolute Gasteiger partial charge is 0.869 e. The van der Waals surface area contributed by atoms with Crippen LogP contribution in [0.25, 0.3) is 0 Å². The number of hydrogen-bond acceptors (Lipinski definition) is 3. The number of ketones is 1. The number of carbonyl (C=O) groups is 1. The van der Waals surface area contributed by atoms with Crippen LogP contribution in [0, 0.1) is 0 Å². The van der Waals surface area contributed by atoms with Crippen LogP contribution in [-0.2, 0) is 0 Å². The van der Waals surface area contributed by atoms with Crippen LogP contribution < -0.4 is 34.7 Å². The van der Waals surface area contributed by atoms with Crippen molar-refractivity contribution < 1.29 is 57.0 Å². The van der Waals surface area contributed by atoms with Gasteiger partial charge in [-0.15, -0.1) is 0 Å². The van der Waals surface area contributed by atoms with E-state index in [2.05, 4.69) is 4.42 Å². The van der Waals surface area contributed by atoms with E-state index in [1.165, 1.54) is 12.1 Å². The van der Waals surface area contributed by atoms with Gasteiger partial charge in [-0.25, -0.2) is 0 Å². The first-order valence-corrected chi connectivity index (χ1v) is 3.45. The summed E-state index contributed by atoms with van der Waals surface area (Å²) in [7, 11) is 0. The van der Waals surface area contributed by atoms with Crippen molar-refractivity contribution in [3.8, 4) is 0 Å². The van der Waals surface area contributed by atoms with E-state index in [-0.39, 0.29) is 41.4 Å². The fraction of sp³-hybridized carbons (Fsp3) is 0.125. The summed E-state index contributed by atoms with van der Waals surface area (Å²) in [5.74, 6) is -3.60. The third-order valence-electron chi connectivity index (χ3n) is 1.31. The maximum Gasteiger partial charge on any atom is 1.00 e. The Hall–Kier alpha value is -0.720. The zero-order valence-corrected chi connectivity index (χ0v) is 9.67. The van der Waals surface area contributed by atoms with E-state index in [9.17, 15) is 23.1 Å². The second-order valence-electron chi connectivity index (χ2n) is 2.35. The Labute approximate surface area is 105 Å². The first kappa shape index (κ1) is 14.3. The number of rotatable bonds is 2. The van der Waals surface area contributed by atoms with Crippen LogP contribution in [0.3, 0.4) is 0 Å². The van der Waals surface area contributed by atoms with Crippen LogP contribution in [-0.4, -0.2) is 12.0 Å². The van der Waals surface area contributed by atoms with E-state index in [1.807, 2.05) is 0 Å². The molecule has 1 aromatic rings. The van der Waals surface area contributed by atoms with Gasteiger partial charge in [0.1, 0.15) is 0 Å². The molecule has 0 amide bonds. The van der Waals surface area contributed by atoms with Crippen molar-refractivity contribution in [2.24, 2.45) is 0 Å². The monoisotopic (exact) mass is 228 g/mol. The molecule has 0 aliphatic heterocycles. The quantitative estimate of drug-likeness (QED) is 0.262. The molecule has 0 bridgehead atoms. The summed E-state index contributed by atoms with van der Waals surface area (Å²) < 4.78 is 39.6. The van der Waals surface area contributed by atoms with Crippen LogP contribution in [0.1, 0.15) is 10.6 Å². The van der Waals surface area contributed by atoms with E-state index in [1.54, 1.807) is 0 Å². The maximum atomic E-state index is 11.7. The second-order valence-corrected chi connectivity index (χ2v) is 2.35. The minimum atomic E-state index is -5.03. The fourth-order valence-corrected chi connectivity index (χ4v) is 0.691. The number of carbonyl (C=O) groups excluding carboxylic acids is 1. The molecule has 0 radical (unpaired) electrons. The van der Waals surface area contributed by atoms with E-state index in [4.69, 9.17) is 0 Å². The molecule has 76 valence electrons. The summed E-state index contributed by atoms with van der Waals surface area (Å²) in [4.78, 5) is 10.9. The Morgan fingerprint density at radius 1 is 1.47 bits per heavy atom. The van der Waals surface area contributed by atoms with Crippen molar-refractivity contribution in [1.82, 2.24) is 0 Å². The zero-order valence-electron chi connectivity index (χ0n) is 7.67. The van der Waals surface area contributed by atoms with Crippen molar-refractivity contribution in [1.29, 1.82) is 0 Å². The predicted molar refractivity (Wildman–Crippen MR) is 37.2 cm³/mol. The molecular weight excluding hydrogens is 224 g/mol. The minimum Gasteiger partial charge on any atom is -0.869 e. The van der Waals surface area contributed by atoms with Gasteiger partial charge in [0.2, 0.25) is 5.78 Å². The molecule has 0 saturated carbocycles. The molecule has 0 fully saturated rings. The van der Waals surface area contributed by atoms with Gasteiger partial charge < -0.3 is 9.52 Å². The van der Waals surface area contributed by atoms with Gasteiger partial charge in [0.05, 0.1) is 6.26 Å². The number of halogens is 3. The van der Waals surface area contributed by atoms with Crippen LogP contribution in [0.2, 0.25) is 0 Å². The van der Waals surface area contributed by atoms with Gasteiger partial charge in [-0.1, -0.05) is 0 Å². The largest absolute Gasteiger partial charge is 1.00 e. The molecular formula is C8H4F3NaO3. The van der Waals surface area contributed by atoms with Crippen molar-refractivity contribution >= 4 is 5.78 Å². The maximum absolute atomic E-state index is 11.7. The van der Waals surface area contributed by atoms with Gasteiger partial charge in [0.15, 0.2) is 5.76 Å². The number of alkyl halides is 3. The SMILES string of the molecule is O=C(C=C([O-])C(F)(F)F)c1ccco1.[Na+]. The first-order chi connectivity index (χ1) is 6.41. The summed E-state index contributed by atoms with van der Waals surface area (Å²) in [6.07, 6.45) is -3.94. The molecule has 1 aromatic heterocycles. The van der Waals surface area contributed by atoms with E-state index < -0.39 is 17.7 Å². The van der Waals surface area contributed by atoms with Gasteiger partial charge in [-0.2, -0.15) is 13.2 Å². The molecule has 1 rings (SSSR count). The average Bonchev–Trinajstić information content (AvgIpc) is 2.53. The van der Waals surface area contributed by atoms with E-state index in [0.717, 1.165) is 6.26 Å². The number of allylic oxidation sites excluding steroid dienone is 2. The molecule has 3 nitrogen and oxygen atoms in total. The van der Waals surface area contributed by atoms with Crippen molar-refractivity contribution in [2.75, 3.05) is 0 Å². The molecule has 0 atom stereocenters. The molecule has 15 heavy (non-hydrogen) atoms. The molecule has 7 heteroatoms. The van der Waals surface area contributed by atoms with Gasteiger partial charge >= 0.3 is 35.7 Å². The zero-order chi connectivity index (χ0) is 10.8. The van der Waals surface area contributed by atoms with Crippen LogP contribution in [0.5, 0.6) is 0 Å². The second kappa shape index (κ2) is 5.39. The summed E-state index contributed by atoms with van der Waals surface area (Å²) in [6.45, 7) is 0. The Bertz CT molecular complexity index is 354. The number of hydrogen-bond donors (Lipinski definition) is 0. The van der Waals surface area contributed by atoms with Crippen molar-refractivity contribution in [2.45, 2.75) is 6.18 Å².